The van der Waals surface area contributed by atoms with Crippen molar-refractivity contribution in [2.75, 3.05) is 31.2 Å². The molecule has 1 aliphatic carbocycles. The minimum atomic E-state index is -0.834. The third-order valence-corrected chi connectivity index (χ3v) is 6.12. The molecule has 1 aromatic carbocycles. The number of hydrogen-bond acceptors (Lipinski definition) is 7. The molecule has 180 valence electrons. The standard InChI is InChI=1S/C22H26Cl2FN3O5/c1-3-32-21(30)15(10-26-12-5-6-12)20(29)14-9-16(25)19(18(24)17(14)23)28-8-7-13(11-28)27-22(31)33-4-2/h9-10,12-13,26H,3-8,11H2,1-2H3,(H,27,31). The maximum atomic E-state index is 15.1. The molecule has 1 saturated carbocycles. The average molecular weight is 502 g/mol. The maximum absolute atomic E-state index is 15.1. The average Bonchev–Trinajstić information content (AvgIpc) is 3.49. The van der Waals surface area contributed by atoms with Crippen LogP contribution in [0.5, 0.6) is 0 Å². The van der Waals surface area contributed by atoms with Gasteiger partial charge in [-0.15, -0.1) is 0 Å². The lowest BCUT2D eigenvalue weighted by atomic mass is 10.0. The second-order valence-corrected chi connectivity index (χ2v) is 8.48. The van der Waals surface area contributed by atoms with Crippen molar-refractivity contribution in [3.8, 4) is 0 Å². The molecule has 2 aliphatic rings. The van der Waals surface area contributed by atoms with Crippen molar-refractivity contribution in [2.45, 2.75) is 45.2 Å². The Bertz CT molecular complexity index is 968. The molecule has 2 N–H and O–H groups in total. The lowest BCUT2D eigenvalue weighted by molar-refractivity contribution is -0.138. The Labute approximate surface area is 201 Å². The van der Waals surface area contributed by atoms with Gasteiger partial charge in [0.15, 0.2) is 0 Å². The predicted octanol–water partition coefficient (Wildman–Crippen LogP) is 3.84. The maximum Gasteiger partial charge on any atom is 0.407 e. The molecule has 1 heterocycles. The zero-order chi connectivity index (χ0) is 24.1. The number of benzene rings is 1. The van der Waals surface area contributed by atoms with E-state index in [9.17, 15) is 14.4 Å². The first-order valence-electron chi connectivity index (χ1n) is 10.8. The van der Waals surface area contributed by atoms with Crippen LogP contribution in [0.1, 0.15) is 43.5 Å². The van der Waals surface area contributed by atoms with Crippen molar-refractivity contribution in [3.63, 3.8) is 0 Å². The van der Waals surface area contributed by atoms with Crippen molar-refractivity contribution in [2.24, 2.45) is 0 Å². The summed E-state index contributed by atoms with van der Waals surface area (Å²) in [6.07, 6.45) is 3.15. The summed E-state index contributed by atoms with van der Waals surface area (Å²) in [5.41, 5.74) is -0.488. The van der Waals surface area contributed by atoms with Gasteiger partial charge in [-0.3, -0.25) is 4.79 Å². The molecule has 1 aliphatic heterocycles. The Kier molecular flexibility index (Phi) is 8.42. The van der Waals surface area contributed by atoms with E-state index >= 15 is 4.39 Å². The third kappa shape index (κ3) is 6.09. The molecule has 1 saturated heterocycles. The highest BCUT2D eigenvalue weighted by molar-refractivity contribution is 6.46. The van der Waals surface area contributed by atoms with E-state index in [0.717, 1.165) is 18.9 Å². The first-order chi connectivity index (χ1) is 15.8. The van der Waals surface area contributed by atoms with Gasteiger partial charge < -0.3 is 25.0 Å². The summed E-state index contributed by atoms with van der Waals surface area (Å²) >= 11 is 12.8. The van der Waals surface area contributed by atoms with Crippen LogP contribution in [0.3, 0.4) is 0 Å². The Morgan fingerprint density at radius 3 is 2.45 bits per heavy atom. The lowest BCUT2D eigenvalue weighted by Crippen LogP contribution is -2.37. The zero-order valence-corrected chi connectivity index (χ0v) is 19.9. The van der Waals surface area contributed by atoms with Crippen molar-refractivity contribution in [3.05, 3.63) is 39.3 Å². The Hall–Kier alpha value is -2.52. The third-order valence-electron chi connectivity index (χ3n) is 5.26. The first-order valence-corrected chi connectivity index (χ1v) is 11.6. The fraction of sp³-hybridized carbons (Fsp3) is 0.500. The van der Waals surface area contributed by atoms with Gasteiger partial charge in [-0.25, -0.2) is 14.0 Å². The summed E-state index contributed by atoms with van der Waals surface area (Å²) in [6, 6.07) is 0.903. The number of ketones is 1. The second-order valence-electron chi connectivity index (χ2n) is 7.73. The molecule has 1 amide bonds. The van der Waals surface area contributed by atoms with Gasteiger partial charge in [-0.1, -0.05) is 23.2 Å². The van der Waals surface area contributed by atoms with Gasteiger partial charge in [0, 0.05) is 30.9 Å². The van der Waals surface area contributed by atoms with E-state index in [4.69, 9.17) is 32.7 Å². The van der Waals surface area contributed by atoms with Crippen LogP contribution in [-0.4, -0.2) is 56.2 Å². The molecule has 8 nitrogen and oxygen atoms in total. The van der Waals surface area contributed by atoms with E-state index in [1.807, 2.05) is 0 Å². The second kappa shape index (κ2) is 11.1. The SMILES string of the molecule is CCOC(=O)NC1CCN(c2c(F)cc(C(=O)C(=CNC3CC3)C(=O)OCC)c(Cl)c2Cl)C1. The number of Topliss-reactive ketones (excluding diaryl/α,β-unsaturated/α-hetero) is 1. The van der Waals surface area contributed by atoms with Crippen LogP contribution in [0.25, 0.3) is 0 Å². The number of carbonyl (C=O) groups is 3. The molecule has 33 heavy (non-hydrogen) atoms. The van der Waals surface area contributed by atoms with E-state index < -0.39 is 23.7 Å². The van der Waals surface area contributed by atoms with Gasteiger partial charge in [0.1, 0.15) is 11.4 Å². The number of rotatable bonds is 9. The number of nitrogens with one attached hydrogen (secondary N) is 2. The van der Waals surface area contributed by atoms with E-state index in [1.54, 1.807) is 18.7 Å². The number of amides is 1. The van der Waals surface area contributed by atoms with Gasteiger partial charge >= 0.3 is 12.1 Å². The fourth-order valence-electron chi connectivity index (χ4n) is 3.48. The smallest absolute Gasteiger partial charge is 0.407 e. The van der Waals surface area contributed by atoms with Crippen molar-refractivity contribution in [1.29, 1.82) is 0 Å². The molecule has 0 aromatic heterocycles. The van der Waals surface area contributed by atoms with Gasteiger partial charge in [-0.05, 0) is 39.2 Å². The summed E-state index contributed by atoms with van der Waals surface area (Å²) < 4.78 is 25.0. The summed E-state index contributed by atoms with van der Waals surface area (Å²) in [7, 11) is 0. The monoisotopic (exact) mass is 501 g/mol. The number of carbonyl (C=O) groups excluding carboxylic acids is 3. The molecule has 11 heteroatoms. The fourth-order valence-corrected chi connectivity index (χ4v) is 4.02. The molecular weight excluding hydrogens is 476 g/mol. The van der Waals surface area contributed by atoms with Gasteiger partial charge in [0.05, 0.1) is 35.0 Å². The molecular formula is C22H26Cl2FN3O5. The highest BCUT2D eigenvalue weighted by atomic mass is 35.5. The number of anilines is 1. The number of halogens is 3. The quantitative estimate of drug-likeness (QED) is 0.132. The van der Waals surface area contributed by atoms with E-state index in [0.29, 0.717) is 19.5 Å². The van der Waals surface area contributed by atoms with Crippen LogP contribution >= 0.6 is 23.2 Å². The van der Waals surface area contributed by atoms with E-state index in [1.165, 1.54) is 6.20 Å². The first kappa shape index (κ1) is 25.1. The van der Waals surface area contributed by atoms with Gasteiger partial charge in [0.25, 0.3) is 0 Å². The zero-order valence-electron chi connectivity index (χ0n) is 18.4. The van der Waals surface area contributed by atoms with E-state index in [-0.39, 0.29) is 52.2 Å². The largest absolute Gasteiger partial charge is 0.462 e. The molecule has 0 bridgehead atoms. The Balaban J connectivity index is 1.84. The lowest BCUT2D eigenvalue weighted by Gasteiger charge is -2.22. The Morgan fingerprint density at radius 2 is 1.82 bits per heavy atom. The van der Waals surface area contributed by atoms with Crippen LogP contribution in [0.4, 0.5) is 14.9 Å². The van der Waals surface area contributed by atoms with Crippen LogP contribution in [0, 0.1) is 5.82 Å². The number of alkyl carbamates (subject to hydrolysis) is 1. The minimum absolute atomic E-state index is 0.0316. The van der Waals surface area contributed by atoms with Gasteiger partial charge in [0.2, 0.25) is 5.78 Å². The molecule has 1 unspecified atom stereocenters. The predicted molar refractivity (Wildman–Crippen MR) is 122 cm³/mol. The summed E-state index contributed by atoms with van der Waals surface area (Å²) in [5.74, 6) is -2.38. The summed E-state index contributed by atoms with van der Waals surface area (Å²) in [5, 5.41) is 5.37. The normalized spacial score (nSPS) is 18.2. The molecule has 0 radical (unpaired) electrons. The molecule has 1 aromatic rings. The molecule has 0 spiro atoms. The molecule has 2 fully saturated rings. The number of ether oxygens (including phenoxy) is 2. The van der Waals surface area contributed by atoms with Crippen molar-refractivity contribution >= 4 is 46.7 Å². The highest BCUT2D eigenvalue weighted by Crippen LogP contribution is 2.40. The summed E-state index contributed by atoms with van der Waals surface area (Å²) in [4.78, 5) is 38.7. The Morgan fingerprint density at radius 1 is 1.12 bits per heavy atom. The summed E-state index contributed by atoms with van der Waals surface area (Å²) in [6.45, 7) is 4.34. The van der Waals surface area contributed by atoms with Crippen LogP contribution in [-0.2, 0) is 14.3 Å². The van der Waals surface area contributed by atoms with Crippen molar-refractivity contribution < 1.29 is 28.2 Å². The van der Waals surface area contributed by atoms with Gasteiger partial charge in [-0.2, -0.15) is 0 Å². The van der Waals surface area contributed by atoms with Crippen LogP contribution < -0.4 is 15.5 Å². The number of esters is 1. The topological polar surface area (TPSA) is 97.0 Å². The highest BCUT2D eigenvalue weighted by Gasteiger charge is 2.32. The van der Waals surface area contributed by atoms with Crippen LogP contribution in [0.15, 0.2) is 17.8 Å². The molecule has 3 rings (SSSR count). The number of hydrogen-bond donors (Lipinski definition) is 2. The molecule has 1 atom stereocenters. The van der Waals surface area contributed by atoms with Crippen molar-refractivity contribution in [1.82, 2.24) is 10.6 Å². The minimum Gasteiger partial charge on any atom is -0.462 e. The van der Waals surface area contributed by atoms with Crippen LogP contribution in [0.2, 0.25) is 10.0 Å². The number of nitrogens with zero attached hydrogens (tertiary/aromatic N) is 1. The van der Waals surface area contributed by atoms with E-state index in [2.05, 4.69) is 10.6 Å².